The highest BCUT2D eigenvalue weighted by molar-refractivity contribution is 5.86. The molecule has 0 radical (unpaired) electrons. The molecule has 1 heterocycles. The molecule has 116 valence electrons. The number of benzene rings is 2. The lowest BCUT2D eigenvalue weighted by atomic mass is 10.0. The van der Waals surface area contributed by atoms with Gasteiger partial charge >= 0.3 is 0 Å². The van der Waals surface area contributed by atoms with Gasteiger partial charge in [0.2, 0.25) is 0 Å². The minimum atomic E-state index is -1.48. The van der Waals surface area contributed by atoms with Gasteiger partial charge in [-0.2, -0.15) is 15.4 Å². The Morgan fingerprint density at radius 3 is 2.13 bits per heavy atom. The number of aliphatic imine (C=N–C) groups is 1. The van der Waals surface area contributed by atoms with Crippen LogP contribution in [0.2, 0.25) is 0 Å². The molecule has 0 fully saturated rings. The summed E-state index contributed by atoms with van der Waals surface area (Å²) in [6.07, 6.45) is 1.57. The molecular weight excluding hydrogens is 305 g/mol. The SMILES string of the molecule is CN=Cc1n[nH]nc1-c1ccc(-c2cc(F)c(F)c(F)c2)cc1. The van der Waals surface area contributed by atoms with E-state index in [0.29, 0.717) is 17.0 Å². The topological polar surface area (TPSA) is 53.9 Å². The van der Waals surface area contributed by atoms with E-state index in [9.17, 15) is 13.2 Å². The molecular formula is C16H11F3N4. The molecule has 0 saturated heterocycles. The Labute approximate surface area is 129 Å². The third-order valence-electron chi connectivity index (χ3n) is 3.30. The first-order valence-corrected chi connectivity index (χ1v) is 6.68. The molecule has 7 heteroatoms. The van der Waals surface area contributed by atoms with Crippen LogP contribution in [0.15, 0.2) is 41.4 Å². The Hall–Kier alpha value is -2.96. The maximum atomic E-state index is 13.3. The summed E-state index contributed by atoms with van der Waals surface area (Å²) in [4.78, 5) is 3.89. The number of nitrogens with zero attached hydrogens (tertiary/aromatic N) is 3. The number of aromatic nitrogens is 3. The Morgan fingerprint density at radius 2 is 1.52 bits per heavy atom. The summed E-state index contributed by atoms with van der Waals surface area (Å²) in [5.41, 5.74) is 2.77. The Morgan fingerprint density at radius 1 is 0.913 bits per heavy atom. The molecule has 0 atom stereocenters. The Bertz CT molecular complexity index is 846. The third-order valence-corrected chi connectivity index (χ3v) is 3.30. The predicted octanol–water partition coefficient (Wildman–Crippen LogP) is 3.60. The van der Waals surface area contributed by atoms with Crippen LogP contribution in [0.5, 0.6) is 0 Å². The first kappa shape index (κ1) is 15.0. The summed E-state index contributed by atoms with van der Waals surface area (Å²) in [5.74, 6) is -3.92. The molecule has 0 aliphatic carbocycles. The monoisotopic (exact) mass is 316 g/mol. The van der Waals surface area contributed by atoms with E-state index >= 15 is 0 Å². The van der Waals surface area contributed by atoms with Crippen molar-refractivity contribution in [2.45, 2.75) is 0 Å². The van der Waals surface area contributed by atoms with Gasteiger partial charge in [-0.05, 0) is 23.3 Å². The molecule has 1 N–H and O–H groups in total. The molecule has 0 amide bonds. The van der Waals surface area contributed by atoms with Gasteiger partial charge in [-0.3, -0.25) is 4.99 Å². The highest BCUT2D eigenvalue weighted by atomic mass is 19.2. The van der Waals surface area contributed by atoms with E-state index in [1.54, 1.807) is 37.5 Å². The fourth-order valence-corrected chi connectivity index (χ4v) is 2.21. The quantitative estimate of drug-likeness (QED) is 0.593. The Balaban J connectivity index is 1.98. The molecule has 3 aromatic rings. The lowest BCUT2D eigenvalue weighted by Gasteiger charge is -2.05. The van der Waals surface area contributed by atoms with Crippen molar-refractivity contribution in [3.05, 3.63) is 59.5 Å². The van der Waals surface area contributed by atoms with Gasteiger partial charge in [0.15, 0.2) is 17.5 Å². The molecule has 0 aliphatic rings. The van der Waals surface area contributed by atoms with Crippen molar-refractivity contribution in [2.24, 2.45) is 4.99 Å². The molecule has 3 rings (SSSR count). The molecule has 4 nitrogen and oxygen atoms in total. The van der Waals surface area contributed by atoms with Gasteiger partial charge < -0.3 is 0 Å². The number of hydrogen-bond donors (Lipinski definition) is 1. The number of nitrogens with one attached hydrogen (secondary N) is 1. The van der Waals surface area contributed by atoms with Crippen LogP contribution in [0.1, 0.15) is 5.69 Å². The van der Waals surface area contributed by atoms with Crippen LogP contribution in [0.3, 0.4) is 0 Å². The highest BCUT2D eigenvalue weighted by Crippen LogP contribution is 2.26. The van der Waals surface area contributed by atoms with Crippen molar-refractivity contribution in [1.82, 2.24) is 15.4 Å². The molecule has 0 bridgehead atoms. The highest BCUT2D eigenvalue weighted by Gasteiger charge is 2.12. The molecule has 23 heavy (non-hydrogen) atoms. The van der Waals surface area contributed by atoms with Crippen LogP contribution in [-0.2, 0) is 0 Å². The standard InChI is InChI=1S/C16H11F3N4/c1-20-8-14-16(22-23-21-14)10-4-2-9(3-5-10)11-6-12(17)15(19)13(18)7-11/h2-8H,1H3,(H,21,22,23). The van der Waals surface area contributed by atoms with E-state index in [0.717, 1.165) is 17.7 Å². The van der Waals surface area contributed by atoms with Crippen molar-refractivity contribution >= 4 is 6.21 Å². The van der Waals surface area contributed by atoms with Gasteiger partial charge in [0.25, 0.3) is 0 Å². The van der Waals surface area contributed by atoms with Crippen LogP contribution >= 0.6 is 0 Å². The first-order chi connectivity index (χ1) is 11.1. The van der Waals surface area contributed by atoms with E-state index in [-0.39, 0.29) is 5.56 Å². The van der Waals surface area contributed by atoms with Crippen molar-refractivity contribution in [1.29, 1.82) is 0 Å². The summed E-state index contributed by atoms with van der Waals surface area (Å²) < 4.78 is 39.6. The van der Waals surface area contributed by atoms with E-state index in [1.807, 2.05) is 0 Å². The Kier molecular flexibility index (Phi) is 3.92. The second-order valence-corrected chi connectivity index (χ2v) is 4.78. The van der Waals surface area contributed by atoms with Gasteiger partial charge in [0, 0.05) is 12.6 Å². The van der Waals surface area contributed by atoms with Gasteiger partial charge in [0.05, 0.1) is 6.21 Å². The van der Waals surface area contributed by atoms with Gasteiger partial charge in [0.1, 0.15) is 11.4 Å². The van der Waals surface area contributed by atoms with Gasteiger partial charge in [-0.25, -0.2) is 13.2 Å². The minimum absolute atomic E-state index is 0.253. The largest absolute Gasteiger partial charge is 0.294 e. The lowest BCUT2D eigenvalue weighted by Crippen LogP contribution is -1.92. The fourth-order valence-electron chi connectivity index (χ4n) is 2.21. The lowest BCUT2D eigenvalue weighted by molar-refractivity contribution is 0.448. The van der Waals surface area contributed by atoms with Gasteiger partial charge in [-0.15, -0.1) is 0 Å². The summed E-state index contributed by atoms with van der Waals surface area (Å²) in [5, 5.41) is 10.5. The first-order valence-electron chi connectivity index (χ1n) is 6.68. The summed E-state index contributed by atoms with van der Waals surface area (Å²) >= 11 is 0. The van der Waals surface area contributed by atoms with E-state index < -0.39 is 17.5 Å². The van der Waals surface area contributed by atoms with Gasteiger partial charge in [-0.1, -0.05) is 24.3 Å². The maximum absolute atomic E-state index is 13.3. The number of aromatic amines is 1. The summed E-state index contributed by atoms with van der Waals surface area (Å²) in [6.45, 7) is 0. The summed E-state index contributed by atoms with van der Waals surface area (Å²) in [7, 11) is 1.62. The third kappa shape index (κ3) is 2.85. The minimum Gasteiger partial charge on any atom is -0.294 e. The second kappa shape index (κ2) is 6.04. The number of rotatable bonds is 3. The van der Waals surface area contributed by atoms with E-state index in [1.165, 1.54) is 0 Å². The van der Waals surface area contributed by atoms with Crippen molar-refractivity contribution < 1.29 is 13.2 Å². The van der Waals surface area contributed by atoms with Crippen LogP contribution in [0.4, 0.5) is 13.2 Å². The average molecular weight is 316 g/mol. The van der Waals surface area contributed by atoms with Crippen LogP contribution < -0.4 is 0 Å². The van der Waals surface area contributed by atoms with E-state index in [2.05, 4.69) is 20.4 Å². The van der Waals surface area contributed by atoms with Crippen LogP contribution in [0.25, 0.3) is 22.4 Å². The molecule has 1 aromatic heterocycles. The molecule has 0 unspecified atom stereocenters. The average Bonchev–Trinajstić information content (AvgIpc) is 3.01. The zero-order chi connectivity index (χ0) is 16.4. The number of H-pyrrole nitrogens is 1. The second-order valence-electron chi connectivity index (χ2n) is 4.78. The molecule has 0 saturated carbocycles. The normalized spacial score (nSPS) is 11.3. The smallest absolute Gasteiger partial charge is 0.194 e. The van der Waals surface area contributed by atoms with Crippen molar-refractivity contribution in [3.8, 4) is 22.4 Å². The zero-order valence-electron chi connectivity index (χ0n) is 12.0. The summed E-state index contributed by atoms with van der Waals surface area (Å²) in [6, 6.07) is 8.72. The van der Waals surface area contributed by atoms with E-state index in [4.69, 9.17) is 0 Å². The fraction of sp³-hybridized carbons (Fsp3) is 0.0625. The molecule has 0 spiro atoms. The van der Waals surface area contributed by atoms with Crippen molar-refractivity contribution in [3.63, 3.8) is 0 Å². The molecule has 0 aliphatic heterocycles. The number of halogens is 3. The maximum Gasteiger partial charge on any atom is 0.194 e. The van der Waals surface area contributed by atoms with Crippen molar-refractivity contribution in [2.75, 3.05) is 7.05 Å². The van der Waals surface area contributed by atoms with Crippen LogP contribution in [-0.4, -0.2) is 28.7 Å². The zero-order valence-corrected chi connectivity index (χ0v) is 12.0. The van der Waals surface area contributed by atoms with Crippen LogP contribution in [0, 0.1) is 17.5 Å². The molecule has 2 aromatic carbocycles. The number of hydrogen-bond acceptors (Lipinski definition) is 3. The predicted molar refractivity (Wildman–Crippen MR) is 80.6 cm³/mol.